The fourth-order valence-corrected chi connectivity index (χ4v) is 1.85. The fraction of sp³-hybridized carbons (Fsp3) is 0.250. The summed E-state index contributed by atoms with van der Waals surface area (Å²) in [5.41, 5.74) is 2.75. The van der Waals surface area contributed by atoms with E-state index in [1.807, 2.05) is 20.8 Å². The van der Waals surface area contributed by atoms with E-state index in [4.69, 9.17) is 9.84 Å². The molecular formula is C16H17FN2O2. The zero-order valence-corrected chi connectivity index (χ0v) is 12.2. The van der Waals surface area contributed by atoms with Crippen LogP contribution in [0.5, 0.6) is 11.6 Å². The fourth-order valence-electron chi connectivity index (χ4n) is 1.85. The number of hydrogen-bond acceptors (Lipinski definition) is 4. The van der Waals surface area contributed by atoms with E-state index in [1.54, 1.807) is 18.2 Å². The first-order chi connectivity index (χ1) is 10.0. The zero-order valence-electron chi connectivity index (χ0n) is 12.2. The number of rotatable bonds is 4. The second kappa shape index (κ2) is 6.45. The van der Waals surface area contributed by atoms with E-state index in [-0.39, 0.29) is 18.2 Å². The van der Waals surface area contributed by atoms with Gasteiger partial charge < -0.3 is 9.84 Å². The Bertz CT molecular complexity index is 680. The van der Waals surface area contributed by atoms with E-state index in [0.29, 0.717) is 11.3 Å². The molecule has 2 aromatic rings. The Morgan fingerprint density at radius 2 is 2.10 bits per heavy atom. The van der Waals surface area contributed by atoms with E-state index in [1.165, 1.54) is 12.4 Å². The number of aliphatic hydroxyl groups excluding tert-OH is 1. The molecule has 0 amide bonds. The van der Waals surface area contributed by atoms with Crippen molar-refractivity contribution in [2.75, 3.05) is 0 Å². The van der Waals surface area contributed by atoms with Crippen LogP contribution in [0.2, 0.25) is 0 Å². The highest BCUT2D eigenvalue weighted by atomic mass is 19.1. The topological polar surface area (TPSA) is 55.2 Å². The minimum absolute atomic E-state index is 0.0932. The van der Waals surface area contributed by atoms with Gasteiger partial charge in [0.05, 0.1) is 12.3 Å². The van der Waals surface area contributed by atoms with Crippen LogP contribution in [0, 0.1) is 12.7 Å². The minimum atomic E-state index is -0.430. The maximum atomic E-state index is 14.5. The maximum Gasteiger partial charge on any atom is 0.222 e. The molecule has 4 nitrogen and oxygen atoms in total. The van der Waals surface area contributed by atoms with E-state index >= 15 is 0 Å². The smallest absolute Gasteiger partial charge is 0.222 e. The van der Waals surface area contributed by atoms with Gasteiger partial charge in [-0.2, -0.15) is 0 Å². The molecule has 1 aromatic carbocycles. The monoisotopic (exact) mass is 288 g/mol. The highest BCUT2D eigenvalue weighted by Crippen LogP contribution is 2.28. The molecule has 0 saturated heterocycles. The van der Waals surface area contributed by atoms with Crippen molar-refractivity contribution in [1.82, 2.24) is 9.97 Å². The van der Waals surface area contributed by atoms with Crippen molar-refractivity contribution in [2.45, 2.75) is 27.4 Å². The van der Waals surface area contributed by atoms with Crippen molar-refractivity contribution in [3.05, 3.63) is 52.7 Å². The summed E-state index contributed by atoms with van der Waals surface area (Å²) in [6.45, 7) is 5.43. The van der Waals surface area contributed by atoms with E-state index in [0.717, 1.165) is 11.1 Å². The summed E-state index contributed by atoms with van der Waals surface area (Å²) in [6, 6.07) is 4.83. The summed E-state index contributed by atoms with van der Waals surface area (Å²) in [5, 5.41) is 9.03. The Morgan fingerprint density at radius 1 is 1.33 bits per heavy atom. The molecule has 0 aliphatic rings. The van der Waals surface area contributed by atoms with Crippen LogP contribution in [0.3, 0.4) is 0 Å². The number of allylic oxidation sites excluding steroid dienone is 1. The van der Waals surface area contributed by atoms with E-state index < -0.39 is 5.82 Å². The molecule has 0 unspecified atom stereocenters. The molecule has 0 spiro atoms. The van der Waals surface area contributed by atoms with E-state index in [2.05, 4.69) is 9.97 Å². The third-order valence-electron chi connectivity index (χ3n) is 2.87. The van der Waals surface area contributed by atoms with E-state index in [9.17, 15) is 4.39 Å². The number of halogens is 1. The predicted molar refractivity (Wildman–Crippen MR) is 78.5 cm³/mol. The third-order valence-corrected chi connectivity index (χ3v) is 2.87. The average Bonchev–Trinajstić information content (AvgIpc) is 2.46. The lowest BCUT2D eigenvalue weighted by Gasteiger charge is -2.10. The molecular weight excluding hydrogens is 271 g/mol. The first-order valence-electron chi connectivity index (χ1n) is 6.55. The van der Waals surface area contributed by atoms with Crippen molar-refractivity contribution < 1.29 is 14.2 Å². The van der Waals surface area contributed by atoms with Gasteiger partial charge in [-0.15, -0.1) is 0 Å². The highest BCUT2D eigenvalue weighted by molar-refractivity contribution is 5.59. The molecule has 1 heterocycles. The summed E-state index contributed by atoms with van der Waals surface area (Å²) in [7, 11) is 0. The van der Waals surface area contributed by atoms with Gasteiger partial charge >= 0.3 is 0 Å². The maximum absolute atomic E-state index is 14.5. The molecule has 0 aliphatic heterocycles. The van der Waals surface area contributed by atoms with Crippen molar-refractivity contribution in [2.24, 2.45) is 0 Å². The summed E-state index contributed by atoms with van der Waals surface area (Å²) in [5.74, 6) is -0.143. The zero-order chi connectivity index (χ0) is 15.4. The summed E-state index contributed by atoms with van der Waals surface area (Å²) < 4.78 is 20.0. The quantitative estimate of drug-likeness (QED) is 0.933. The Balaban J connectivity index is 2.38. The average molecular weight is 288 g/mol. The molecule has 5 heteroatoms. The Kier molecular flexibility index (Phi) is 4.65. The van der Waals surface area contributed by atoms with Gasteiger partial charge in [-0.05, 0) is 32.4 Å². The Hall–Kier alpha value is -2.27. The van der Waals surface area contributed by atoms with Gasteiger partial charge in [0.2, 0.25) is 5.88 Å². The SMILES string of the molecule is CC(C)=Cc1c(C)ccc(Oc2cc(CO)ncn2)c1F. The first kappa shape index (κ1) is 15.1. The van der Waals surface area contributed by atoms with Crippen molar-refractivity contribution in [3.63, 3.8) is 0 Å². The van der Waals surface area contributed by atoms with Crippen LogP contribution in [0.25, 0.3) is 6.08 Å². The van der Waals surface area contributed by atoms with Gasteiger partial charge in [0.15, 0.2) is 11.6 Å². The standard InChI is InChI=1S/C16H17FN2O2/c1-10(2)6-13-11(3)4-5-14(16(13)17)21-15-7-12(8-20)18-9-19-15/h4-7,9,20H,8H2,1-3H3. The number of aryl methyl sites for hydroxylation is 1. The van der Waals surface area contributed by atoms with Crippen LogP contribution < -0.4 is 4.74 Å². The van der Waals surface area contributed by atoms with Crippen LogP contribution in [0.4, 0.5) is 4.39 Å². The molecule has 110 valence electrons. The molecule has 1 aromatic heterocycles. The molecule has 0 bridgehead atoms. The normalized spacial score (nSPS) is 10.3. The lowest BCUT2D eigenvalue weighted by molar-refractivity contribution is 0.275. The predicted octanol–water partition coefficient (Wildman–Crippen LogP) is 3.63. The first-order valence-corrected chi connectivity index (χ1v) is 6.55. The number of aliphatic hydroxyl groups is 1. The Labute approximate surface area is 123 Å². The largest absolute Gasteiger partial charge is 0.436 e. The van der Waals surface area contributed by atoms with Crippen molar-refractivity contribution >= 4 is 6.08 Å². The molecule has 0 atom stereocenters. The van der Waals surface area contributed by atoms with Crippen LogP contribution in [0.1, 0.15) is 30.7 Å². The molecule has 0 aliphatic carbocycles. The summed E-state index contributed by atoms with van der Waals surface area (Å²) >= 11 is 0. The number of benzene rings is 1. The van der Waals surface area contributed by atoms with Crippen LogP contribution in [-0.4, -0.2) is 15.1 Å². The van der Waals surface area contributed by atoms with Crippen LogP contribution in [-0.2, 0) is 6.61 Å². The molecule has 21 heavy (non-hydrogen) atoms. The van der Waals surface area contributed by atoms with Crippen molar-refractivity contribution in [1.29, 1.82) is 0 Å². The molecule has 0 radical (unpaired) electrons. The number of ether oxygens (including phenoxy) is 1. The second-order valence-electron chi connectivity index (χ2n) is 4.94. The second-order valence-corrected chi connectivity index (χ2v) is 4.94. The summed E-state index contributed by atoms with van der Waals surface area (Å²) in [6.07, 6.45) is 3.04. The lowest BCUT2D eigenvalue weighted by Crippen LogP contribution is -1.97. The van der Waals surface area contributed by atoms with Gasteiger partial charge in [0, 0.05) is 11.6 Å². The highest BCUT2D eigenvalue weighted by Gasteiger charge is 2.12. The van der Waals surface area contributed by atoms with Crippen LogP contribution in [0.15, 0.2) is 30.1 Å². The third kappa shape index (κ3) is 3.64. The van der Waals surface area contributed by atoms with Crippen molar-refractivity contribution in [3.8, 4) is 11.6 Å². The van der Waals surface area contributed by atoms with Gasteiger partial charge in [-0.25, -0.2) is 14.4 Å². The molecule has 0 saturated carbocycles. The molecule has 2 rings (SSSR count). The minimum Gasteiger partial charge on any atom is -0.436 e. The summed E-state index contributed by atoms with van der Waals surface area (Å²) in [4.78, 5) is 7.76. The van der Waals surface area contributed by atoms with Gasteiger partial charge in [0.25, 0.3) is 0 Å². The number of nitrogens with zero attached hydrogens (tertiary/aromatic N) is 2. The number of hydrogen-bond donors (Lipinski definition) is 1. The van der Waals surface area contributed by atoms with Gasteiger partial charge in [-0.1, -0.05) is 17.7 Å². The molecule has 0 fully saturated rings. The molecule has 1 N–H and O–H groups in total. The van der Waals surface area contributed by atoms with Crippen LogP contribution >= 0.6 is 0 Å². The lowest BCUT2D eigenvalue weighted by atomic mass is 10.1. The Morgan fingerprint density at radius 3 is 2.76 bits per heavy atom. The van der Waals surface area contributed by atoms with Gasteiger partial charge in [0.1, 0.15) is 6.33 Å². The number of aromatic nitrogens is 2. The van der Waals surface area contributed by atoms with Gasteiger partial charge in [-0.3, -0.25) is 0 Å².